The highest BCUT2D eigenvalue weighted by Gasteiger charge is 2.28. The van der Waals surface area contributed by atoms with Crippen LogP contribution in [-0.2, 0) is 4.79 Å². The molecular weight excluding hydrogens is 356 g/mol. The van der Waals surface area contributed by atoms with Crippen LogP contribution in [0.4, 0.5) is 11.4 Å². The molecule has 0 saturated carbocycles. The number of rotatable bonds is 4. The van der Waals surface area contributed by atoms with Crippen LogP contribution < -0.4 is 0 Å². The molecule has 0 bridgehead atoms. The number of benzene rings is 2. The van der Waals surface area contributed by atoms with Gasteiger partial charge in [-0.2, -0.15) is 0 Å². The zero-order valence-corrected chi connectivity index (χ0v) is 14.4. The maximum Gasteiger partial charge on any atom is 0.269 e. The van der Waals surface area contributed by atoms with Crippen molar-refractivity contribution in [2.24, 2.45) is 4.99 Å². The molecule has 1 unspecified atom stereocenters. The number of aliphatic imine (C=N–C) groups is 1. The first-order chi connectivity index (χ1) is 12.5. The summed E-state index contributed by atoms with van der Waals surface area (Å²) < 4.78 is 0. The smallest absolute Gasteiger partial charge is 0.269 e. The molecule has 0 saturated heterocycles. The largest absolute Gasteiger partial charge is 0.511 e. The topological polar surface area (TPSA) is 92.8 Å². The normalized spacial score (nSPS) is 17.7. The summed E-state index contributed by atoms with van der Waals surface area (Å²) in [5, 5.41) is 21.5. The molecular formula is C19H15ClN2O4. The second-order valence-electron chi connectivity index (χ2n) is 5.94. The summed E-state index contributed by atoms with van der Waals surface area (Å²) >= 11 is 6.18. The van der Waals surface area contributed by atoms with E-state index in [9.17, 15) is 20.0 Å². The maximum atomic E-state index is 12.4. The number of hydrogen-bond donors (Lipinski definition) is 1. The number of allylic oxidation sites excluding steroid dienone is 2. The van der Waals surface area contributed by atoms with Gasteiger partial charge in [-0.15, -0.1) is 0 Å². The van der Waals surface area contributed by atoms with Gasteiger partial charge in [0.15, 0.2) is 5.78 Å². The molecule has 0 aromatic heterocycles. The van der Waals surface area contributed by atoms with Crippen molar-refractivity contribution in [2.45, 2.75) is 18.8 Å². The van der Waals surface area contributed by atoms with Crippen molar-refractivity contribution in [3.8, 4) is 0 Å². The summed E-state index contributed by atoms with van der Waals surface area (Å²) in [7, 11) is 0. The van der Waals surface area contributed by atoms with E-state index in [1.165, 1.54) is 30.5 Å². The number of aliphatic hydroxyl groups excluding tert-OH is 1. The second kappa shape index (κ2) is 7.49. The number of non-ortho nitro benzene ring substituents is 1. The number of nitro groups is 1. The molecule has 1 N–H and O–H groups in total. The lowest BCUT2D eigenvalue weighted by atomic mass is 9.83. The fourth-order valence-corrected chi connectivity index (χ4v) is 3.17. The Labute approximate surface area is 154 Å². The van der Waals surface area contributed by atoms with Crippen molar-refractivity contribution < 1.29 is 14.8 Å². The lowest BCUT2D eigenvalue weighted by Crippen LogP contribution is -2.19. The van der Waals surface area contributed by atoms with E-state index < -0.39 is 4.92 Å². The highest BCUT2D eigenvalue weighted by molar-refractivity contribution is 6.31. The molecule has 26 heavy (non-hydrogen) atoms. The maximum absolute atomic E-state index is 12.4. The molecule has 1 aliphatic rings. The van der Waals surface area contributed by atoms with E-state index in [0.29, 0.717) is 17.1 Å². The van der Waals surface area contributed by atoms with Crippen LogP contribution in [0.25, 0.3) is 0 Å². The molecule has 2 aromatic carbocycles. The van der Waals surface area contributed by atoms with Crippen molar-refractivity contribution in [3.63, 3.8) is 0 Å². The Hall–Kier alpha value is -2.99. The van der Waals surface area contributed by atoms with Gasteiger partial charge in [-0.05, 0) is 29.7 Å². The minimum atomic E-state index is -0.499. The van der Waals surface area contributed by atoms with Crippen LogP contribution in [0.15, 0.2) is 64.9 Å². The summed E-state index contributed by atoms with van der Waals surface area (Å²) in [6, 6.07) is 12.9. The molecule has 0 aliphatic heterocycles. The zero-order valence-electron chi connectivity index (χ0n) is 13.6. The van der Waals surface area contributed by atoms with Gasteiger partial charge in [-0.25, -0.2) is 0 Å². The third-order valence-corrected chi connectivity index (χ3v) is 4.58. The minimum Gasteiger partial charge on any atom is -0.511 e. The molecule has 1 atom stereocenters. The second-order valence-corrected chi connectivity index (χ2v) is 6.35. The standard InChI is InChI=1S/C19H15ClN2O4/c20-17-4-2-1-3-15(17)12-9-18(23)16(19(24)10-12)11-21-13-5-7-14(8-6-13)22(25)26/h1-8,11-12,23H,9-10H2. The first kappa shape index (κ1) is 17.8. The predicted molar refractivity (Wildman–Crippen MR) is 99.3 cm³/mol. The minimum absolute atomic E-state index is 0.0307. The lowest BCUT2D eigenvalue weighted by Gasteiger charge is -2.23. The average Bonchev–Trinajstić information content (AvgIpc) is 2.61. The Balaban J connectivity index is 1.80. The van der Waals surface area contributed by atoms with Crippen LogP contribution in [-0.4, -0.2) is 22.0 Å². The van der Waals surface area contributed by atoms with Gasteiger partial charge in [0.2, 0.25) is 0 Å². The molecule has 0 amide bonds. The highest BCUT2D eigenvalue weighted by Crippen LogP contribution is 2.36. The van der Waals surface area contributed by atoms with Crippen LogP contribution in [0.1, 0.15) is 24.3 Å². The van der Waals surface area contributed by atoms with Crippen LogP contribution in [0.2, 0.25) is 5.02 Å². The van der Waals surface area contributed by atoms with E-state index in [4.69, 9.17) is 11.6 Å². The van der Waals surface area contributed by atoms with Crippen molar-refractivity contribution in [2.75, 3.05) is 0 Å². The summed E-state index contributed by atoms with van der Waals surface area (Å²) in [5.74, 6) is -0.422. The van der Waals surface area contributed by atoms with Gasteiger partial charge in [-0.3, -0.25) is 19.9 Å². The van der Waals surface area contributed by atoms with Gasteiger partial charge in [0.25, 0.3) is 5.69 Å². The van der Waals surface area contributed by atoms with E-state index in [0.717, 1.165) is 5.56 Å². The third-order valence-electron chi connectivity index (χ3n) is 4.23. The van der Waals surface area contributed by atoms with Crippen molar-refractivity contribution >= 4 is 35.0 Å². The van der Waals surface area contributed by atoms with Crippen molar-refractivity contribution in [1.29, 1.82) is 0 Å². The quantitative estimate of drug-likeness (QED) is 0.470. The summed E-state index contributed by atoms with van der Waals surface area (Å²) in [4.78, 5) is 26.7. The van der Waals surface area contributed by atoms with Gasteiger partial charge in [0, 0.05) is 36.2 Å². The Morgan fingerprint density at radius 3 is 2.46 bits per heavy atom. The first-order valence-electron chi connectivity index (χ1n) is 7.94. The van der Waals surface area contributed by atoms with Crippen LogP contribution in [0, 0.1) is 10.1 Å². The molecule has 0 radical (unpaired) electrons. The average molecular weight is 371 g/mol. The lowest BCUT2D eigenvalue weighted by molar-refractivity contribution is -0.384. The number of Topliss-reactive ketones (excluding diaryl/α,β-unsaturated/α-hetero) is 1. The summed E-state index contributed by atoms with van der Waals surface area (Å²) in [6.07, 6.45) is 1.84. The highest BCUT2D eigenvalue weighted by atomic mass is 35.5. The first-order valence-corrected chi connectivity index (χ1v) is 8.31. The van der Waals surface area contributed by atoms with E-state index in [1.807, 2.05) is 18.2 Å². The molecule has 0 fully saturated rings. The Kier molecular flexibility index (Phi) is 5.14. The number of hydrogen-bond acceptors (Lipinski definition) is 5. The monoisotopic (exact) mass is 370 g/mol. The van der Waals surface area contributed by atoms with Crippen LogP contribution in [0.3, 0.4) is 0 Å². The molecule has 0 spiro atoms. The van der Waals surface area contributed by atoms with Gasteiger partial charge >= 0.3 is 0 Å². The van der Waals surface area contributed by atoms with Crippen LogP contribution >= 0.6 is 11.6 Å². The predicted octanol–water partition coefficient (Wildman–Crippen LogP) is 4.91. The third kappa shape index (κ3) is 3.81. The SMILES string of the molecule is O=C1CC(c2ccccc2Cl)CC(O)=C1C=Nc1ccc([N+](=O)[O-])cc1. The van der Waals surface area contributed by atoms with Gasteiger partial charge in [0.1, 0.15) is 5.76 Å². The molecule has 2 aromatic rings. The molecule has 0 heterocycles. The number of aliphatic hydroxyl groups is 1. The number of halogens is 1. The van der Waals surface area contributed by atoms with Crippen molar-refractivity contribution in [3.05, 3.63) is 80.6 Å². The Morgan fingerprint density at radius 1 is 1.15 bits per heavy atom. The fraction of sp³-hybridized carbons (Fsp3) is 0.158. The van der Waals surface area contributed by atoms with Crippen LogP contribution in [0.5, 0.6) is 0 Å². The van der Waals surface area contributed by atoms with E-state index >= 15 is 0 Å². The fourth-order valence-electron chi connectivity index (χ4n) is 2.88. The summed E-state index contributed by atoms with van der Waals surface area (Å²) in [5.41, 5.74) is 1.41. The van der Waals surface area contributed by atoms with Gasteiger partial charge < -0.3 is 5.11 Å². The van der Waals surface area contributed by atoms with E-state index in [-0.39, 0.29) is 35.1 Å². The Bertz CT molecular complexity index is 919. The van der Waals surface area contributed by atoms with Crippen molar-refractivity contribution in [1.82, 2.24) is 0 Å². The number of carbonyl (C=O) groups excluding carboxylic acids is 1. The molecule has 6 nitrogen and oxygen atoms in total. The zero-order chi connectivity index (χ0) is 18.7. The number of ketones is 1. The molecule has 132 valence electrons. The number of nitrogens with zero attached hydrogens (tertiary/aromatic N) is 2. The molecule has 3 rings (SSSR count). The molecule has 1 aliphatic carbocycles. The summed E-state index contributed by atoms with van der Waals surface area (Å²) in [6.45, 7) is 0. The van der Waals surface area contributed by atoms with E-state index in [1.54, 1.807) is 6.07 Å². The van der Waals surface area contributed by atoms with Gasteiger partial charge in [0.05, 0.1) is 16.2 Å². The molecule has 7 heteroatoms. The number of carbonyl (C=O) groups is 1. The Morgan fingerprint density at radius 2 is 1.85 bits per heavy atom. The van der Waals surface area contributed by atoms with Gasteiger partial charge in [-0.1, -0.05) is 29.8 Å². The number of nitro benzene ring substituents is 1. The van der Waals surface area contributed by atoms with E-state index in [2.05, 4.69) is 4.99 Å².